The van der Waals surface area contributed by atoms with Gasteiger partial charge >= 0.3 is 0 Å². The Bertz CT molecular complexity index is 1140. The first-order valence-electron chi connectivity index (χ1n) is 11.6. The third-order valence-electron chi connectivity index (χ3n) is 5.65. The Kier molecular flexibility index (Phi) is 8.92. The fraction of sp³-hybridized carbons (Fsp3) is 0.385. The summed E-state index contributed by atoms with van der Waals surface area (Å²) < 4.78 is 6.99. The number of nitrogens with zero attached hydrogens (tertiary/aromatic N) is 3. The lowest BCUT2D eigenvalue weighted by Gasteiger charge is -2.21. The van der Waals surface area contributed by atoms with Crippen LogP contribution in [0.25, 0.3) is 0 Å². The summed E-state index contributed by atoms with van der Waals surface area (Å²) in [4.78, 5) is 25.3. The molecule has 0 aliphatic carbocycles. The van der Waals surface area contributed by atoms with Gasteiger partial charge in [0.2, 0.25) is 5.91 Å². The number of rotatable bonds is 10. The summed E-state index contributed by atoms with van der Waals surface area (Å²) >= 11 is 1.30. The van der Waals surface area contributed by atoms with Gasteiger partial charge in [0.05, 0.1) is 18.9 Å². The third kappa shape index (κ3) is 6.85. The van der Waals surface area contributed by atoms with Crippen LogP contribution in [0.15, 0.2) is 53.7 Å². The van der Waals surface area contributed by atoms with E-state index in [4.69, 9.17) is 4.74 Å². The quantitative estimate of drug-likeness (QED) is 0.392. The van der Waals surface area contributed by atoms with Crippen LogP contribution in [0.4, 0.5) is 5.69 Å². The van der Waals surface area contributed by atoms with Crippen molar-refractivity contribution in [1.29, 1.82) is 0 Å². The zero-order valence-electron chi connectivity index (χ0n) is 21.0. The molecule has 0 fully saturated rings. The molecule has 0 spiro atoms. The van der Waals surface area contributed by atoms with Gasteiger partial charge in [-0.3, -0.25) is 9.59 Å². The van der Waals surface area contributed by atoms with Gasteiger partial charge in [0.15, 0.2) is 11.0 Å². The Morgan fingerprint density at radius 1 is 1.00 bits per heavy atom. The molecule has 0 aliphatic rings. The molecule has 9 heteroatoms. The lowest BCUT2D eigenvalue weighted by atomic mass is 10.0. The van der Waals surface area contributed by atoms with Crippen LogP contribution >= 0.6 is 11.8 Å². The average molecular weight is 496 g/mol. The third-order valence-corrected chi connectivity index (χ3v) is 6.67. The number of thioether (sulfide) groups is 1. The van der Waals surface area contributed by atoms with Gasteiger partial charge in [-0.1, -0.05) is 51.6 Å². The van der Waals surface area contributed by atoms with Crippen molar-refractivity contribution in [3.05, 3.63) is 65.5 Å². The molecule has 186 valence electrons. The molecule has 0 aliphatic heterocycles. The minimum absolute atomic E-state index is 0.0788. The molecule has 0 saturated heterocycles. The van der Waals surface area contributed by atoms with Crippen LogP contribution in [-0.2, 0) is 11.8 Å². The van der Waals surface area contributed by atoms with Crippen LogP contribution in [0.2, 0.25) is 0 Å². The van der Waals surface area contributed by atoms with E-state index in [0.717, 1.165) is 5.69 Å². The van der Waals surface area contributed by atoms with E-state index in [0.29, 0.717) is 28.2 Å². The summed E-state index contributed by atoms with van der Waals surface area (Å²) in [6, 6.07) is 14.5. The minimum atomic E-state index is -0.343. The molecule has 3 aromatic rings. The van der Waals surface area contributed by atoms with Crippen LogP contribution in [0.3, 0.4) is 0 Å². The van der Waals surface area contributed by atoms with Crippen LogP contribution in [0, 0.1) is 5.92 Å². The summed E-state index contributed by atoms with van der Waals surface area (Å²) in [7, 11) is 3.43. The molecular weight excluding hydrogens is 462 g/mol. The van der Waals surface area contributed by atoms with E-state index < -0.39 is 0 Å². The van der Waals surface area contributed by atoms with Crippen molar-refractivity contribution in [2.24, 2.45) is 13.0 Å². The van der Waals surface area contributed by atoms with Crippen molar-refractivity contribution in [3.8, 4) is 5.75 Å². The van der Waals surface area contributed by atoms with E-state index in [-0.39, 0.29) is 29.5 Å². The second-order valence-electron chi connectivity index (χ2n) is 8.94. The lowest BCUT2D eigenvalue weighted by Crippen LogP contribution is -2.33. The van der Waals surface area contributed by atoms with Gasteiger partial charge in [-0.2, -0.15) is 0 Å². The van der Waals surface area contributed by atoms with E-state index >= 15 is 0 Å². The topological polar surface area (TPSA) is 98.1 Å². The molecule has 0 bridgehead atoms. The number of carbonyl (C=O) groups excluding carboxylic acids is 2. The number of hydrogen-bond donors (Lipinski definition) is 2. The molecule has 1 unspecified atom stereocenters. The van der Waals surface area contributed by atoms with Gasteiger partial charge in [0, 0.05) is 18.3 Å². The number of aromatic nitrogens is 3. The molecule has 1 atom stereocenters. The van der Waals surface area contributed by atoms with Crippen molar-refractivity contribution in [1.82, 2.24) is 20.1 Å². The molecule has 8 nitrogen and oxygen atoms in total. The summed E-state index contributed by atoms with van der Waals surface area (Å²) in [5.41, 5.74) is 2.52. The highest BCUT2D eigenvalue weighted by atomic mass is 32.2. The first-order valence-corrected chi connectivity index (χ1v) is 12.5. The lowest BCUT2D eigenvalue weighted by molar-refractivity contribution is -0.113. The van der Waals surface area contributed by atoms with E-state index in [9.17, 15) is 9.59 Å². The number of amides is 2. The average Bonchev–Trinajstić information content (AvgIpc) is 3.21. The van der Waals surface area contributed by atoms with Crippen LogP contribution in [0.5, 0.6) is 5.75 Å². The summed E-state index contributed by atoms with van der Waals surface area (Å²) in [6.07, 6.45) is 0. The number of benzene rings is 2. The van der Waals surface area contributed by atoms with Gasteiger partial charge in [0.25, 0.3) is 5.91 Å². The fourth-order valence-electron chi connectivity index (χ4n) is 3.50. The highest BCUT2D eigenvalue weighted by Crippen LogP contribution is 2.25. The Morgan fingerprint density at radius 3 is 2.23 bits per heavy atom. The van der Waals surface area contributed by atoms with Gasteiger partial charge in [0.1, 0.15) is 5.75 Å². The highest BCUT2D eigenvalue weighted by Gasteiger charge is 2.25. The maximum Gasteiger partial charge on any atom is 0.251 e. The molecule has 35 heavy (non-hydrogen) atoms. The zero-order chi connectivity index (χ0) is 25.5. The maximum absolute atomic E-state index is 12.8. The normalized spacial score (nSPS) is 12.0. The predicted molar refractivity (Wildman–Crippen MR) is 139 cm³/mol. The summed E-state index contributed by atoms with van der Waals surface area (Å²) in [5, 5.41) is 15.2. The smallest absolute Gasteiger partial charge is 0.251 e. The summed E-state index contributed by atoms with van der Waals surface area (Å²) in [5.74, 6) is 1.72. The molecule has 1 aromatic heterocycles. The highest BCUT2D eigenvalue weighted by molar-refractivity contribution is 7.99. The Morgan fingerprint density at radius 2 is 1.66 bits per heavy atom. The Labute approximate surface area is 210 Å². The fourth-order valence-corrected chi connectivity index (χ4v) is 4.22. The number of anilines is 1. The van der Waals surface area contributed by atoms with Crippen molar-refractivity contribution in [3.63, 3.8) is 0 Å². The molecule has 2 amide bonds. The van der Waals surface area contributed by atoms with Crippen LogP contribution in [0.1, 0.15) is 61.4 Å². The molecule has 1 heterocycles. The monoisotopic (exact) mass is 495 g/mol. The molecule has 0 radical (unpaired) electrons. The minimum Gasteiger partial charge on any atom is -0.497 e. The number of hydrogen-bond acceptors (Lipinski definition) is 6. The van der Waals surface area contributed by atoms with Gasteiger partial charge in [-0.15, -0.1) is 10.2 Å². The molecule has 0 saturated carbocycles. The Hall–Kier alpha value is -3.33. The first kappa shape index (κ1) is 26.3. The van der Waals surface area contributed by atoms with E-state index in [1.807, 2.05) is 49.7 Å². The van der Waals surface area contributed by atoms with Gasteiger partial charge in [-0.25, -0.2) is 0 Å². The van der Waals surface area contributed by atoms with E-state index in [1.54, 1.807) is 31.4 Å². The standard InChI is InChI=1S/C26H33N5O3S/c1-16(2)18-7-11-20(12-8-18)27-22(32)15-35-26-30-29-24(31(26)5)23(17(3)4)28-25(33)19-9-13-21(34-6)14-10-19/h7-14,16-17,23H,15H2,1-6H3,(H,27,32)(H,28,33). The number of carbonyl (C=O) groups is 2. The maximum atomic E-state index is 12.8. The van der Waals surface area contributed by atoms with Crippen LogP contribution < -0.4 is 15.4 Å². The van der Waals surface area contributed by atoms with E-state index in [1.165, 1.54) is 17.3 Å². The Balaban J connectivity index is 1.63. The predicted octanol–water partition coefficient (Wildman–Crippen LogP) is 4.81. The van der Waals surface area contributed by atoms with Crippen LogP contribution in [-0.4, -0.2) is 39.4 Å². The number of nitrogens with one attached hydrogen (secondary N) is 2. The van der Waals surface area contributed by atoms with Crippen molar-refractivity contribution in [2.75, 3.05) is 18.2 Å². The molecule has 2 N–H and O–H groups in total. The van der Waals surface area contributed by atoms with Crippen molar-refractivity contribution < 1.29 is 14.3 Å². The molecule has 2 aromatic carbocycles. The van der Waals surface area contributed by atoms with Gasteiger partial charge in [-0.05, 0) is 53.8 Å². The number of methoxy groups -OCH3 is 1. The SMILES string of the molecule is COc1ccc(C(=O)NC(c2nnc(SCC(=O)Nc3ccc(C(C)C)cc3)n2C)C(C)C)cc1. The number of ether oxygens (including phenoxy) is 1. The van der Waals surface area contributed by atoms with Gasteiger partial charge < -0.3 is 19.9 Å². The second kappa shape index (κ2) is 11.9. The first-order chi connectivity index (χ1) is 16.7. The zero-order valence-corrected chi connectivity index (χ0v) is 21.8. The second-order valence-corrected chi connectivity index (χ2v) is 9.88. The largest absolute Gasteiger partial charge is 0.497 e. The molecular formula is C26H33N5O3S. The summed E-state index contributed by atoms with van der Waals surface area (Å²) in [6.45, 7) is 8.29. The van der Waals surface area contributed by atoms with Crippen molar-refractivity contribution >= 4 is 29.3 Å². The molecule has 3 rings (SSSR count). The van der Waals surface area contributed by atoms with E-state index in [2.05, 4.69) is 34.7 Å². The van der Waals surface area contributed by atoms with Crippen molar-refractivity contribution in [2.45, 2.75) is 44.8 Å².